The van der Waals surface area contributed by atoms with Crippen molar-refractivity contribution in [1.29, 1.82) is 0 Å². The fourth-order valence-corrected chi connectivity index (χ4v) is 4.05. The van der Waals surface area contributed by atoms with Crippen molar-refractivity contribution in [1.82, 2.24) is 9.21 Å². The number of nitrogens with zero attached hydrogens (tertiary/aromatic N) is 2. The van der Waals surface area contributed by atoms with E-state index in [9.17, 15) is 4.79 Å². The summed E-state index contributed by atoms with van der Waals surface area (Å²) in [6.45, 7) is 8.86. The zero-order valence-electron chi connectivity index (χ0n) is 12.6. The molecule has 1 heterocycles. The summed E-state index contributed by atoms with van der Waals surface area (Å²) in [6, 6.07) is 0.295. The van der Waals surface area contributed by atoms with Crippen LogP contribution in [0.15, 0.2) is 0 Å². The van der Waals surface area contributed by atoms with Gasteiger partial charge in [0.15, 0.2) is 0 Å². The fourth-order valence-electron chi connectivity index (χ4n) is 2.55. The molecule has 0 amide bonds. The summed E-state index contributed by atoms with van der Waals surface area (Å²) in [4.78, 5) is 14.3. The molecule has 0 aliphatic carbocycles. The first-order valence-corrected chi connectivity index (χ1v) is 11.0. The van der Waals surface area contributed by atoms with Gasteiger partial charge < -0.3 is 4.74 Å². The van der Waals surface area contributed by atoms with E-state index in [1.54, 1.807) is 9.12 Å². The monoisotopic (exact) mass is 414 g/mol. The highest BCUT2D eigenvalue weighted by molar-refractivity contribution is 14.2. The molecule has 1 saturated heterocycles. The second-order valence-electron chi connectivity index (χ2n) is 5.22. The highest BCUT2D eigenvalue weighted by Crippen LogP contribution is 2.24. The average Bonchev–Trinajstić information content (AvgIpc) is 2.41. The minimum atomic E-state index is -0.0574. The van der Waals surface area contributed by atoms with Crippen LogP contribution in [-0.4, -0.2) is 54.0 Å². The van der Waals surface area contributed by atoms with E-state index in [1.165, 1.54) is 25.7 Å². The Morgan fingerprint density at radius 2 is 2.10 bits per heavy atom. The van der Waals surface area contributed by atoms with Gasteiger partial charge in [0.1, 0.15) is 0 Å². The summed E-state index contributed by atoms with van der Waals surface area (Å²) in [6.07, 6.45) is 5.39. The molecule has 1 rings (SSSR count). The Labute approximate surface area is 139 Å². The Morgan fingerprint density at radius 3 is 2.75 bits per heavy atom. The van der Waals surface area contributed by atoms with Crippen molar-refractivity contribution < 1.29 is 9.53 Å². The van der Waals surface area contributed by atoms with Gasteiger partial charge in [-0.1, -0.05) is 13.3 Å². The third kappa shape index (κ3) is 6.95. The maximum absolute atomic E-state index is 11.8. The van der Waals surface area contributed by atoms with Crippen molar-refractivity contribution >= 4 is 36.3 Å². The summed E-state index contributed by atoms with van der Waals surface area (Å²) in [5.74, 6) is -0.0574. The molecule has 1 atom stereocenters. The number of carbonyl (C=O) groups is 1. The molecule has 0 saturated carbocycles. The van der Waals surface area contributed by atoms with Gasteiger partial charge in [0.25, 0.3) is 0 Å². The van der Waals surface area contributed by atoms with Gasteiger partial charge in [-0.05, 0) is 48.4 Å². The van der Waals surface area contributed by atoms with Crippen molar-refractivity contribution in [2.24, 2.45) is 0 Å². The van der Waals surface area contributed by atoms with Gasteiger partial charge in [-0.25, -0.2) is 4.31 Å². The highest BCUT2D eigenvalue weighted by Gasteiger charge is 2.26. The maximum Gasteiger partial charge on any atom is 0.307 e. The molecule has 6 heteroatoms. The molecule has 0 spiro atoms. The first kappa shape index (κ1) is 18.5. The lowest BCUT2D eigenvalue weighted by Gasteiger charge is -2.36. The van der Waals surface area contributed by atoms with Gasteiger partial charge >= 0.3 is 5.97 Å². The molecule has 1 aliphatic rings. The van der Waals surface area contributed by atoms with Crippen LogP contribution < -0.4 is 0 Å². The Morgan fingerprint density at radius 1 is 1.35 bits per heavy atom. The van der Waals surface area contributed by atoms with Crippen molar-refractivity contribution in [2.75, 3.05) is 32.8 Å². The third-order valence-corrected chi connectivity index (χ3v) is 5.84. The number of ether oxygens (including phenoxy) is 1. The van der Waals surface area contributed by atoms with E-state index in [2.05, 4.69) is 37.3 Å². The number of hydrogen-bond donors (Lipinski definition) is 0. The van der Waals surface area contributed by atoms with Crippen molar-refractivity contribution in [2.45, 2.75) is 52.0 Å². The SMILES string of the molecule is CCCCN1CCCCN(SI)CC1CC(=O)OCC. The van der Waals surface area contributed by atoms with E-state index >= 15 is 0 Å². The molecule has 1 fully saturated rings. The van der Waals surface area contributed by atoms with Crippen molar-refractivity contribution in [3.05, 3.63) is 0 Å². The van der Waals surface area contributed by atoms with Gasteiger partial charge in [-0.2, -0.15) is 0 Å². The number of unbranched alkanes of at least 4 members (excludes halogenated alkanes) is 1. The maximum atomic E-state index is 11.8. The standard InChI is InChI=1S/C14H27IN2O2S/c1-3-5-8-16-9-6-7-10-17(20-15)12-13(16)11-14(18)19-4-2/h13H,3-12H2,1-2H3. The molecule has 0 aromatic rings. The summed E-state index contributed by atoms with van der Waals surface area (Å²) < 4.78 is 7.52. The Balaban J connectivity index is 2.65. The largest absolute Gasteiger partial charge is 0.466 e. The first-order chi connectivity index (χ1) is 9.71. The molecule has 1 unspecified atom stereocenters. The van der Waals surface area contributed by atoms with Gasteiger partial charge in [0, 0.05) is 40.3 Å². The Hall–Kier alpha value is 0.470. The lowest BCUT2D eigenvalue weighted by atomic mass is 10.1. The van der Waals surface area contributed by atoms with E-state index < -0.39 is 0 Å². The number of esters is 1. The van der Waals surface area contributed by atoms with Gasteiger partial charge in [-0.15, -0.1) is 0 Å². The predicted molar refractivity (Wildman–Crippen MR) is 93.9 cm³/mol. The van der Waals surface area contributed by atoms with Crippen LogP contribution >= 0.6 is 30.3 Å². The molecular formula is C14H27IN2O2S. The van der Waals surface area contributed by atoms with E-state index in [0.717, 1.165) is 26.2 Å². The van der Waals surface area contributed by atoms with Crippen LogP contribution in [0.3, 0.4) is 0 Å². The zero-order chi connectivity index (χ0) is 14.8. The van der Waals surface area contributed by atoms with E-state index in [-0.39, 0.29) is 5.97 Å². The smallest absolute Gasteiger partial charge is 0.307 e. The topological polar surface area (TPSA) is 32.8 Å². The zero-order valence-corrected chi connectivity index (χ0v) is 15.6. The minimum Gasteiger partial charge on any atom is -0.466 e. The number of carbonyl (C=O) groups excluding carboxylic acids is 1. The molecule has 0 radical (unpaired) electrons. The molecule has 118 valence electrons. The van der Waals surface area contributed by atoms with Gasteiger partial charge in [0.2, 0.25) is 0 Å². The van der Waals surface area contributed by atoms with Gasteiger partial charge in [-0.3, -0.25) is 9.69 Å². The number of rotatable bonds is 7. The van der Waals surface area contributed by atoms with Crippen LogP contribution in [0.25, 0.3) is 0 Å². The summed E-state index contributed by atoms with van der Waals surface area (Å²) >= 11 is 2.34. The highest BCUT2D eigenvalue weighted by atomic mass is 127. The molecule has 0 N–H and O–H groups in total. The minimum absolute atomic E-state index is 0.0574. The molecule has 0 aromatic heterocycles. The summed E-state index contributed by atoms with van der Waals surface area (Å²) in [7, 11) is 1.76. The normalized spacial score (nSPS) is 22.2. The quantitative estimate of drug-likeness (QED) is 0.362. The van der Waals surface area contributed by atoms with Crippen LogP contribution in [-0.2, 0) is 9.53 Å². The van der Waals surface area contributed by atoms with E-state index in [0.29, 0.717) is 19.1 Å². The molecule has 0 aromatic carbocycles. The second kappa shape index (κ2) is 11.1. The second-order valence-corrected chi connectivity index (χ2v) is 7.05. The van der Waals surface area contributed by atoms with Crippen LogP contribution in [0.2, 0.25) is 0 Å². The molecule has 1 aliphatic heterocycles. The molecule has 20 heavy (non-hydrogen) atoms. The van der Waals surface area contributed by atoms with Crippen LogP contribution in [0.4, 0.5) is 0 Å². The fraction of sp³-hybridized carbons (Fsp3) is 0.929. The van der Waals surface area contributed by atoms with E-state index in [1.807, 2.05) is 6.92 Å². The number of hydrogen-bond acceptors (Lipinski definition) is 5. The third-order valence-electron chi connectivity index (χ3n) is 3.64. The summed E-state index contributed by atoms with van der Waals surface area (Å²) in [5, 5.41) is 0. The molecule has 0 bridgehead atoms. The Kier molecular flexibility index (Phi) is 10.3. The van der Waals surface area contributed by atoms with Crippen LogP contribution in [0, 0.1) is 0 Å². The lowest BCUT2D eigenvalue weighted by Crippen LogP contribution is -2.46. The van der Waals surface area contributed by atoms with Crippen LogP contribution in [0.5, 0.6) is 0 Å². The molecular weight excluding hydrogens is 387 g/mol. The average molecular weight is 414 g/mol. The van der Waals surface area contributed by atoms with Crippen LogP contribution in [0.1, 0.15) is 46.0 Å². The predicted octanol–water partition coefficient (Wildman–Crippen LogP) is 3.50. The van der Waals surface area contributed by atoms with E-state index in [4.69, 9.17) is 4.74 Å². The molecule has 4 nitrogen and oxygen atoms in total. The van der Waals surface area contributed by atoms with Crippen molar-refractivity contribution in [3.8, 4) is 0 Å². The summed E-state index contributed by atoms with van der Waals surface area (Å²) in [5.41, 5.74) is 0. The number of halogens is 1. The van der Waals surface area contributed by atoms with Gasteiger partial charge in [0.05, 0.1) is 13.0 Å². The Bertz CT molecular complexity index is 280. The first-order valence-electron chi connectivity index (χ1n) is 7.64. The lowest BCUT2D eigenvalue weighted by molar-refractivity contribution is -0.144. The van der Waals surface area contributed by atoms with Crippen molar-refractivity contribution in [3.63, 3.8) is 0 Å².